The molecular weight excluding hydrogens is 234 g/mol. The summed E-state index contributed by atoms with van der Waals surface area (Å²) in [5.74, 6) is 0. The minimum Gasteiger partial charge on any atom is -0.378 e. The van der Waals surface area contributed by atoms with Gasteiger partial charge in [0.25, 0.3) is 0 Å². The van der Waals surface area contributed by atoms with Gasteiger partial charge < -0.3 is 10.3 Å². The largest absolute Gasteiger partial charge is 0.378 e. The predicted octanol–water partition coefficient (Wildman–Crippen LogP) is 3.23. The van der Waals surface area contributed by atoms with Gasteiger partial charge in [-0.05, 0) is 30.5 Å². The summed E-state index contributed by atoms with van der Waals surface area (Å²) in [5.41, 5.74) is 4.63. The van der Waals surface area contributed by atoms with Crippen molar-refractivity contribution in [1.29, 1.82) is 0 Å². The number of para-hydroxylation sites is 1. The van der Waals surface area contributed by atoms with E-state index >= 15 is 0 Å². The van der Waals surface area contributed by atoms with Gasteiger partial charge in [-0.1, -0.05) is 24.3 Å². The number of nitrogens with one attached hydrogen (secondary N) is 2. The van der Waals surface area contributed by atoms with Crippen LogP contribution in [0, 0.1) is 0 Å². The number of hydrogen-bond donors (Lipinski definition) is 2. The molecule has 1 atom stereocenters. The van der Waals surface area contributed by atoms with E-state index in [1.54, 1.807) is 0 Å². The second kappa shape index (κ2) is 3.99. The van der Waals surface area contributed by atoms with E-state index in [1.807, 2.05) is 30.6 Å². The van der Waals surface area contributed by atoms with Crippen LogP contribution in [0.3, 0.4) is 0 Å². The van der Waals surface area contributed by atoms with Crippen molar-refractivity contribution in [2.24, 2.45) is 0 Å². The summed E-state index contributed by atoms with van der Waals surface area (Å²) in [5, 5.41) is 4.64. The highest BCUT2D eigenvalue weighted by Gasteiger charge is 2.22. The predicted molar refractivity (Wildman–Crippen MR) is 76.5 cm³/mol. The van der Waals surface area contributed by atoms with Crippen molar-refractivity contribution >= 4 is 17.0 Å². The second-order valence-corrected chi connectivity index (χ2v) is 4.69. The normalized spacial score (nSPS) is 17.2. The van der Waals surface area contributed by atoms with E-state index in [9.17, 15) is 0 Å². The first-order valence-electron chi connectivity index (χ1n) is 6.37. The first-order valence-corrected chi connectivity index (χ1v) is 6.37. The number of hydrogen-bond acceptors (Lipinski definition) is 2. The lowest BCUT2D eigenvalue weighted by atomic mass is 10.0. The van der Waals surface area contributed by atoms with Gasteiger partial charge in [-0.3, -0.25) is 4.98 Å². The molecular formula is C16H13N3. The maximum atomic E-state index is 4.46. The molecule has 0 bridgehead atoms. The van der Waals surface area contributed by atoms with Gasteiger partial charge in [-0.25, -0.2) is 0 Å². The van der Waals surface area contributed by atoms with Crippen LogP contribution in [0.5, 0.6) is 0 Å². The molecule has 19 heavy (non-hydrogen) atoms. The molecule has 1 unspecified atom stereocenters. The average Bonchev–Trinajstić information content (AvgIpc) is 2.87. The fourth-order valence-corrected chi connectivity index (χ4v) is 2.68. The highest BCUT2D eigenvalue weighted by atomic mass is 15.0. The molecule has 3 heteroatoms. The van der Waals surface area contributed by atoms with E-state index < -0.39 is 0 Å². The molecule has 0 amide bonds. The summed E-state index contributed by atoms with van der Waals surface area (Å²) in [6.07, 6.45) is 5.95. The molecule has 1 aliphatic rings. The lowest BCUT2D eigenvalue weighted by Crippen LogP contribution is -2.21. The van der Waals surface area contributed by atoms with Crippen LogP contribution in [0.2, 0.25) is 0 Å². The van der Waals surface area contributed by atoms with E-state index in [1.165, 1.54) is 22.2 Å². The van der Waals surface area contributed by atoms with Crippen LogP contribution in [0.4, 0.5) is 0 Å². The van der Waals surface area contributed by atoms with E-state index in [0.29, 0.717) is 0 Å². The number of rotatable bonds is 1. The SMILES string of the molecule is C1=Cc2c([nH]c3ccccc23)C(c2ccccn2)N1. The summed E-state index contributed by atoms with van der Waals surface area (Å²) < 4.78 is 0. The van der Waals surface area contributed by atoms with E-state index in [4.69, 9.17) is 0 Å². The summed E-state index contributed by atoms with van der Waals surface area (Å²) in [6.45, 7) is 0. The summed E-state index contributed by atoms with van der Waals surface area (Å²) in [7, 11) is 0. The zero-order chi connectivity index (χ0) is 12.7. The van der Waals surface area contributed by atoms with Crippen molar-refractivity contribution in [1.82, 2.24) is 15.3 Å². The Balaban J connectivity index is 1.94. The molecule has 0 spiro atoms. The zero-order valence-corrected chi connectivity index (χ0v) is 10.3. The van der Waals surface area contributed by atoms with E-state index in [2.05, 4.69) is 45.6 Å². The van der Waals surface area contributed by atoms with E-state index in [0.717, 1.165) is 5.69 Å². The Morgan fingerprint density at radius 3 is 2.79 bits per heavy atom. The van der Waals surface area contributed by atoms with Crippen LogP contribution in [-0.4, -0.2) is 9.97 Å². The highest BCUT2D eigenvalue weighted by molar-refractivity contribution is 5.91. The standard InChI is InChI=1S/C16H13N3/c1-2-6-13-11(5-1)12-8-10-18-16(15(12)19-13)14-7-3-4-9-17-14/h1-10,16,18-19H. The quantitative estimate of drug-likeness (QED) is 0.693. The van der Waals surface area contributed by atoms with Crippen molar-refractivity contribution in [2.75, 3.05) is 0 Å². The molecule has 4 rings (SSSR count). The molecule has 2 N–H and O–H groups in total. The average molecular weight is 247 g/mol. The fraction of sp³-hybridized carbons (Fsp3) is 0.0625. The van der Waals surface area contributed by atoms with Crippen molar-refractivity contribution < 1.29 is 0 Å². The van der Waals surface area contributed by atoms with Gasteiger partial charge in [-0.2, -0.15) is 0 Å². The van der Waals surface area contributed by atoms with Gasteiger partial charge in [0.1, 0.15) is 6.04 Å². The maximum absolute atomic E-state index is 4.46. The summed E-state index contributed by atoms with van der Waals surface area (Å²) in [6, 6.07) is 14.5. The first-order chi connectivity index (χ1) is 9.43. The number of aromatic amines is 1. The monoisotopic (exact) mass is 247 g/mol. The van der Waals surface area contributed by atoms with Crippen LogP contribution in [0.1, 0.15) is 23.0 Å². The van der Waals surface area contributed by atoms with Crippen molar-refractivity contribution in [3.63, 3.8) is 0 Å². The van der Waals surface area contributed by atoms with Gasteiger partial charge in [0.05, 0.1) is 11.4 Å². The van der Waals surface area contributed by atoms with Gasteiger partial charge >= 0.3 is 0 Å². The third kappa shape index (κ3) is 1.55. The molecule has 0 saturated carbocycles. The molecule has 0 saturated heterocycles. The Bertz CT molecular complexity index is 756. The van der Waals surface area contributed by atoms with Crippen LogP contribution in [0.15, 0.2) is 54.9 Å². The smallest absolute Gasteiger partial charge is 0.109 e. The molecule has 3 aromatic rings. The number of pyridine rings is 1. The van der Waals surface area contributed by atoms with Gasteiger partial charge in [0.2, 0.25) is 0 Å². The number of benzene rings is 1. The maximum Gasteiger partial charge on any atom is 0.109 e. The number of aromatic nitrogens is 2. The number of fused-ring (bicyclic) bond motifs is 3. The Kier molecular flexibility index (Phi) is 2.18. The number of H-pyrrole nitrogens is 1. The Hall–Kier alpha value is -2.55. The lowest BCUT2D eigenvalue weighted by Gasteiger charge is -2.20. The molecule has 0 fully saturated rings. The van der Waals surface area contributed by atoms with Gasteiger partial charge in [0.15, 0.2) is 0 Å². The molecule has 1 aromatic carbocycles. The van der Waals surface area contributed by atoms with Crippen molar-refractivity contribution in [3.05, 3.63) is 71.8 Å². The van der Waals surface area contributed by atoms with Crippen molar-refractivity contribution in [2.45, 2.75) is 6.04 Å². The third-order valence-electron chi connectivity index (χ3n) is 3.56. The molecule has 3 nitrogen and oxygen atoms in total. The molecule has 3 heterocycles. The van der Waals surface area contributed by atoms with Crippen molar-refractivity contribution in [3.8, 4) is 0 Å². The Labute approximate surface area is 111 Å². The zero-order valence-electron chi connectivity index (χ0n) is 10.3. The third-order valence-corrected chi connectivity index (χ3v) is 3.56. The van der Waals surface area contributed by atoms with E-state index in [-0.39, 0.29) is 6.04 Å². The highest BCUT2D eigenvalue weighted by Crippen LogP contribution is 2.32. The Morgan fingerprint density at radius 1 is 1.00 bits per heavy atom. The van der Waals surface area contributed by atoms with Crippen LogP contribution in [0.25, 0.3) is 17.0 Å². The van der Waals surface area contributed by atoms with Crippen LogP contribution >= 0.6 is 0 Å². The minimum atomic E-state index is 0.0913. The first kappa shape index (κ1) is 10.4. The molecule has 2 aromatic heterocycles. The number of nitrogens with zero attached hydrogens (tertiary/aromatic N) is 1. The van der Waals surface area contributed by atoms with Crippen LogP contribution < -0.4 is 5.32 Å². The van der Waals surface area contributed by atoms with Gasteiger partial charge in [0, 0.05) is 22.7 Å². The fourth-order valence-electron chi connectivity index (χ4n) is 2.68. The topological polar surface area (TPSA) is 40.7 Å². The molecule has 92 valence electrons. The van der Waals surface area contributed by atoms with Crippen LogP contribution in [-0.2, 0) is 0 Å². The second-order valence-electron chi connectivity index (χ2n) is 4.69. The summed E-state index contributed by atoms with van der Waals surface area (Å²) >= 11 is 0. The minimum absolute atomic E-state index is 0.0913. The van der Waals surface area contributed by atoms with Gasteiger partial charge in [-0.15, -0.1) is 0 Å². The lowest BCUT2D eigenvalue weighted by molar-refractivity contribution is 0.682. The Morgan fingerprint density at radius 2 is 1.89 bits per heavy atom. The summed E-state index contributed by atoms with van der Waals surface area (Å²) in [4.78, 5) is 7.97. The molecule has 1 aliphatic heterocycles. The molecule has 0 aliphatic carbocycles. The molecule has 0 radical (unpaired) electrons.